The van der Waals surface area contributed by atoms with Crippen LogP contribution in [0.1, 0.15) is 62.4 Å². The molecule has 0 aliphatic heterocycles. The number of nitrogens with one attached hydrogen (secondary N) is 2. The van der Waals surface area contributed by atoms with Crippen LogP contribution in [0.4, 0.5) is 5.00 Å². The van der Waals surface area contributed by atoms with Gasteiger partial charge < -0.3 is 20.4 Å². The molecule has 0 aromatic carbocycles. The number of allylic oxidation sites excluding steroid dienone is 3. The Hall–Kier alpha value is -2.12. The quantitative estimate of drug-likeness (QED) is 0.312. The van der Waals surface area contributed by atoms with Gasteiger partial charge in [0, 0.05) is 48.9 Å². The van der Waals surface area contributed by atoms with E-state index in [1.807, 2.05) is 39.3 Å². The zero-order chi connectivity index (χ0) is 23.8. The summed E-state index contributed by atoms with van der Waals surface area (Å²) in [5.41, 5.74) is 4.12. The lowest BCUT2D eigenvalue weighted by atomic mass is 9.89. The Morgan fingerprint density at radius 3 is 2.34 bits per heavy atom. The van der Waals surface area contributed by atoms with Gasteiger partial charge in [0.1, 0.15) is 6.29 Å². The van der Waals surface area contributed by atoms with Crippen LogP contribution < -0.4 is 15.5 Å². The maximum Gasteiger partial charge on any atom is 0.252 e. The van der Waals surface area contributed by atoms with Crippen LogP contribution in [-0.4, -0.2) is 63.4 Å². The SMILES string of the molecule is CCN(c1scc(C(=O)NC/C(C=O)=C(C)/C=C(/C)NC)c1C)C1CCC(N(C)C)CC1. The highest BCUT2D eigenvalue weighted by molar-refractivity contribution is 7.14. The molecule has 2 rings (SSSR count). The third kappa shape index (κ3) is 6.45. The number of amides is 1. The van der Waals surface area contributed by atoms with E-state index >= 15 is 0 Å². The number of nitrogens with zero attached hydrogens (tertiary/aromatic N) is 2. The topological polar surface area (TPSA) is 64.7 Å². The van der Waals surface area contributed by atoms with Crippen molar-refractivity contribution in [1.82, 2.24) is 15.5 Å². The Balaban J connectivity index is 2.10. The third-order valence-electron chi connectivity index (χ3n) is 6.61. The molecule has 0 atom stereocenters. The maximum atomic E-state index is 12.9. The number of thiophene rings is 1. The molecular weight excluding hydrogens is 420 g/mol. The van der Waals surface area contributed by atoms with E-state index in [0.717, 1.165) is 29.7 Å². The zero-order valence-electron chi connectivity index (χ0n) is 20.7. The maximum absolute atomic E-state index is 12.9. The van der Waals surface area contributed by atoms with E-state index in [1.165, 1.54) is 30.7 Å². The minimum absolute atomic E-state index is 0.126. The molecule has 178 valence electrons. The molecule has 1 aromatic rings. The normalized spacial score (nSPS) is 20.1. The fourth-order valence-electron chi connectivity index (χ4n) is 4.40. The second-order valence-electron chi connectivity index (χ2n) is 8.88. The molecule has 1 amide bonds. The average Bonchev–Trinajstić information content (AvgIpc) is 3.16. The predicted molar refractivity (Wildman–Crippen MR) is 136 cm³/mol. The minimum Gasteiger partial charge on any atom is -0.392 e. The van der Waals surface area contributed by atoms with Gasteiger partial charge in [-0.2, -0.15) is 0 Å². The van der Waals surface area contributed by atoms with Gasteiger partial charge in [0.05, 0.1) is 10.6 Å². The summed E-state index contributed by atoms with van der Waals surface area (Å²) in [6.07, 6.45) is 7.53. The number of hydrogen-bond acceptors (Lipinski definition) is 6. The van der Waals surface area contributed by atoms with Crippen molar-refractivity contribution in [2.24, 2.45) is 0 Å². The molecule has 0 unspecified atom stereocenters. The summed E-state index contributed by atoms with van der Waals surface area (Å²) >= 11 is 1.65. The van der Waals surface area contributed by atoms with Crippen molar-refractivity contribution in [3.05, 3.63) is 39.4 Å². The largest absolute Gasteiger partial charge is 0.392 e. The number of anilines is 1. The van der Waals surface area contributed by atoms with E-state index in [1.54, 1.807) is 11.3 Å². The van der Waals surface area contributed by atoms with Crippen molar-refractivity contribution in [1.29, 1.82) is 0 Å². The van der Waals surface area contributed by atoms with E-state index in [4.69, 9.17) is 0 Å². The standard InChI is InChI=1S/C25H40N4O2S/c1-8-29(22-11-9-21(10-12-22)28(6)7)25-19(4)23(16-32-25)24(31)27-14-20(15-30)17(2)13-18(3)26-5/h13,15-16,21-22,26H,8-12,14H2,1-7H3,(H,27,31)/b18-13-,20-17-. The number of hydrogen-bond donors (Lipinski definition) is 2. The first kappa shape index (κ1) is 26.1. The van der Waals surface area contributed by atoms with Gasteiger partial charge in [-0.25, -0.2) is 0 Å². The molecule has 0 spiro atoms. The molecule has 32 heavy (non-hydrogen) atoms. The molecule has 7 heteroatoms. The molecule has 1 aliphatic carbocycles. The molecule has 0 bridgehead atoms. The first-order valence-corrected chi connectivity index (χ1v) is 12.4. The first-order chi connectivity index (χ1) is 15.2. The fourth-order valence-corrected chi connectivity index (χ4v) is 5.62. The average molecular weight is 461 g/mol. The van der Waals surface area contributed by atoms with Crippen LogP contribution in [-0.2, 0) is 4.79 Å². The number of aldehydes is 1. The summed E-state index contributed by atoms with van der Waals surface area (Å²) in [6.45, 7) is 9.21. The van der Waals surface area contributed by atoms with E-state index in [2.05, 4.69) is 41.5 Å². The highest BCUT2D eigenvalue weighted by Gasteiger charge is 2.28. The van der Waals surface area contributed by atoms with Crippen LogP contribution in [0.25, 0.3) is 0 Å². The van der Waals surface area contributed by atoms with Crippen LogP contribution >= 0.6 is 11.3 Å². The highest BCUT2D eigenvalue weighted by atomic mass is 32.1. The van der Waals surface area contributed by atoms with Crippen molar-refractivity contribution in [3.63, 3.8) is 0 Å². The van der Waals surface area contributed by atoms with E-state index in [9.17, 15) is 9.59 Å². The van der Waals surface area contributed by atoms with Crippen LogP contribution in [0.3, 0.4) is 0 Å². The smallest absolute Gasteiger partial charge is 0.252 e. The second-order valence-corrected chi connectivity index (χ2v) is 9.74. The summed E-state index contributed by atoms with van der Waals surface area (Å²) in [7, 11) is 6.18. The molecule has 1 aliphatic rings. The Morgan fingerprint density at radius 2 is 1.81 bits per heavy atom. The molecular formula is C25H40N4O2S. The van der Waals surface area contributed by atoms with Crippen molar-refractivity contribution < 1.29 is 9.59 Å². The molecule has 0 saturated heterocycles. The molecule has 1 fully saturated rings. The lowest BCUT2D eigenvalue weighted by molar-refractivity contribution is -0.105. The van der Waals surface area contributed by atoms with Crippen LogP contribution in [0.5, 0.6) is 0 Å². The highest BCUT2D eigenvalue weighted by Crippen LogP contribution is 2.36. The Morgan fingerprint density at radius 1 is 1.19 bits per heavy atom. The summed E-state index contributed by atoms with van der Waals surface area (Å²) in [5, 5.41) is 9.13. The van der Waals surface area contributed by atoms with Gasteiger partial charge in [0.2, 0.25) is 0 Å². The lowest BCUT2D eigenvalue weighted by Crippen LogP contribution is -2.42. The van der Waals surface area contributed by atoms with Gasteiger partial charge >= 0.3 is 0 Å². The number of rotatable bonds is 10. The molecule has 1 heterocycles. The summed E-state index contributed by atoms with van der Waals surface area (Å²) < 4.78 is 0. The van der Waals surface area contributed by atoms with Crippen molar-refractivity contribution in [3.8, 4) is 0 Å². The van der Waals surface area contributed by atoms with Crippen LogP contribution in [0.15, 0.2) is 28.3 Å². The molecule has 2 N–H and O–H groups in total. The molecule has 1 aromatic heterocycles. The predicted octanol–water partition coefficient (Wildman–Crippen LogP) is 4.12. The van der Waals surface area contributed by atoms with Gasteiger partial charge in [-0.1, -0.05) is 0 Å². The summed E-state index contributed by atoms with van der Waals surface area (Å²) in [4.78, 5) is 29.3. The summed E-state index contributed by atoms with van der Waals surface area (Å²) in [6, 6.07) is 1.20. The second kappa shape index (κ2) is 12.2. The van der Waals surface area contributed by atoms with E-state index < -0.39 is 0 Å². The number of carbonyl (C=O) groups excluding carboxylic acids is 2. The zero-order valence-corrected chi connectivity index (χ0v) is 21.6. The lowest BCUT2D eigenvalue weighted by Gasteiger charge is -2.39. The Labute approximate surface area is 197 Å². The third-order valence-corrected chi connectivity index (χ3v) is 7.73. The van der Waals surface area contributed by atoms with Gasteiger partial charge in [-0.05, 0) is 84.7 Å². The van der Waals surface area contributed by atoms with Crippen LogP contribution in [0.2, 0.25) is 0 Å². The van der Waals surface area contributed by atoms with Crippen LogP contribution in [0, 0.1) is 6.92 Å². The Kier molecular flexibility index (Phi) is 9.97. The summed E-state index contributed by atoms with van der Waals surface area (Å²) in [5.74, 6) is -0.126. The van der Waals surface area contributed by atoms with Gasteiger partial charge in [0.15, 0.2) is 0 Å². The monoisotopic (exact) mass is 460 g/mol. The van der Waals surface area contributed by atoms with Gasteiger partial charge in [0.25, 0.3) is 5.91 Å². The van der Waals surface area contributed by atoms with Crippen molar-refractivity contribution in [2.75, 3.05) is 39.1 Å². The van der Waals surface area contributed by atoms with Gasteiger partial charge in [-0.15, -0.1) is 11.3 Å². The molecule has 0 radical (unpaired) electrons. The van der Waals surface area contributed by atoms with Crippen molar-refractivity contribution >= 4 is 28.5 Å². The molecule has 6 nitrogen and oxygen atoms in total. The minimum atomic E-state index is -0.126. The fraction of sp³-hybridized carbons (Fsp3) is 0.600. The van der Waals surface area contributed by atoms with Gasteiger partial charge in [-0.3, -0.25) is 9.59 Å². The van der Waals surface area contributed by atoms with Crippen molar-refractivity contribution in [2.45, 2.75) is 65.5 Å². The number of carbonyl (C=O) groups is 2. The van der Waals surface area contributed by atoms with E-state index in [-0.39, 0.29) is 12.5 Å². The molecule has 1 saturated carbocycles. The van der Waals surface area contributed by atoms with E-state index in [0.29, 0.717) is 23.2 Å². The Bertz CT molecular complexity index is 848. The first-order valence-electron chi connectivity index (χ1n) is 11.5.